The van der Waals surface area contributed by atoms with Gasteiger partial charge in [0.2, 0.25) is 0 Å². The van der Waals surface area contributed by atoms with Gasteiger partial charge >= 0.3 is 11.9 Å². The van der Waals surface area contributed by atoms with Gasteiger partial charge in [-0.2, -0.15) is 0 Å². The summed E-state index contributed by atoms with van der Waals surface area (Å²) in [5, 5.41) is 31.9. The Balaban J connectivity index is 2.51. The van der Waals surface area contributed by atoms with E-state index in [4.69, 9.17) is 4.74 Å². The third kappa shape index (κ3) is 5.26. The Morgan fingerprint density at radius 2 is 1.68 bits per heavy atom. The molecule has 2 rings (SSSR count). The predicted molar refractivity (Wildman–Crippen MR) is 106 cm³/mol. The molecule has 0 bridgehead atoms. The third-order valence-corrected chi connectivity index (χ3v) is 4.49. The maximum Gasteiger partial charge on any atom is 0.325 e. The Morgan fingerprint density at radius 3 is 2.23 bits per heavy atom. The zero-order valence-corrected chi connectivity index (χ0v) is 16.5. The van der Waals surface area contributed by atoms with Crippen molar-refractivity contribution in [2.24, 2.45) is 0 Å². The Labute approximate surface area is 175 Å². The first-order valence-corrected chi connectivity index (χ1v) is 9.07. The first-order valence-electron chi connectivity index (χ1n) is 9.07. The van der Waals surface area contributed by atoms with Crippen LogP contribution in [-0.2, 0) is 14.3 Å². The van der Waals surface area contributed by atoms with Crippen LogP contribution in [0.3, 0.4) is 0 Å². The van der Waals surface area contributed by atoms with Crippen LogP contribution in [0.2, 0.25) is 0 Å². The normalized spacial score (nSPS) is 12.5. The van der Waals surface area contributed by atoms with Crippen molar-refractivity contribution in [2.75, 3.05) is 0 Å². The largest absolute Gasteiger partial charge is 0.480 e. The average Bonchev–Trinajstić information content (AvgIpc) is 2.73. The molecular weight excluding hydrogens is 412 g/mol. The maximum atomic E-state index is 12.7. The second kappa shape index (κ2) is 9.57. The van der Waals surface area contributed by atoms with Crippen molar-refractivity contribution < 1.29 is 34.1 Å². The zero-order valence-electron chi connectivity index (χ0n) is 16.5. The molecule has 0 aromatic heterocycles. The van der Waals surface area contributed by atoms with E-state index in [1.165, 1.54) is 18.2 Å². The number of esters is 1. The summed E-state index contributed by atoms with van der Waals surface area (Å²) in [4.78, 5) is 57.5. The number of benzene rings is 2. The topological polar surface area (TPSA) is 167 Å². The molecule has 11 heteroatoms. The molecule has 2 aromatic rings. The predicted octanol–water partition coefficient (Wildman–Crippen LogP) is 3.24. The summed E-state index contributed by atoms with van der Waals surface area (Å²) in [5.74, 6) is -5.51. The molecule has 0 radical (unpaired) electrons. The fraction of sp³-hybridized carbons (Fsp3) is 0.250. The molecule has 2 unspecified atom stereocenters. The van der Waals surface area contributed by atoms with Crippen LogP contribution in [-0.4, -0.2) is 38.8 Å². The molecule has 0 fully saturated rings. The number of carbonyl (C=O) groups is 3. The molecular formula is C20H18N2O9. The van der Waals surface area contributed by atoms with Crippen molar-refractivity contribution in [3.8, 4) is 0 Å². The highest BCUT2D eigenvalue weighted by Crippen LogP contribution is 2.31. The Morgan fingerprint density at radius 1 is 1.03 bits per heavy atom. The van der Waals surface area contributed by atoms with E-state index in [1.54, 1.807) is 13.8 Å². The SMILES string of the molecule is CCC(C)OC(=O)C(C(=O)O)c1ccc(C(=O)c2cccc([N+](=O)[O-])c2)cc1[N+](=O)[O-]. The quantitative estimate of drug-likeness (QED) is 0.206. The number of nitrogens with zero attached hydrogens (tertiary/aromatic N) is 2. The molecule has 0 aliphatic rings. The first-order chi connectivity index (χ1) is 14.6. The van der Waals surface area contributed by atoms with E-state index in [0.717, 1.165) is 24.3 Å². The molecule has 2 aromatic carbocycles. The van der Waals surface area contributed by atoms with Gasteiger partial charge < -0.3 is 9.84 Å². The number of ether oxygens (including phenoxy) is 1. The fourth-order valence-corrected chi connectivity index (χ4v) is 2.72. The second-order valence-electron chi connectivity index (χ2n) is 6.59. The molecule has 0 saturated carbocycles. The van der Waals surface area contributed by atoms with Crippen LogP contribution in [0.25, 0.3) is 0 Å². The number of ketones is 1. The molecule has 1 N–H and O–H groups in total. The highest BCUT2D eigenvalue weighted by Gasteiger charge is 2.36. The van der Waals surface area contributed by atoms with Gasteiger partial charge in [0.1, 0.15) is 0 Å². The summed E-state index contributed by atoms with van der Waals surface area (Å²) in [6.07, 6.45) is -0.181. The van der Waals surface area contributed by atoms with Crippen LogP contribution in [0.5, 0.6) is 0 Å². The highest BCUT2D eigenvalue weighted by molar-refractivity contribution is 6.10. The fourth-order valence-electron chi connectivity index (χ4n) is 2.72. The van der Waals surface area contributed by atoms with Crippen LogP contribution < -0.4 is 0 Å². The van der Waals surface area contributed by atoms with Crippen LogP contribution in [0, 0.1) is 20.2 Å². The van der Waals surface area contributed by atoms with E-state index in [2.05, 4.69) is 0 Å². The van der Waals surface area contributed by atoms with Gasteiger partial charge in [-0.3, -0.25) is 34.6 Å². The molecule has 162 valence electrons. The summed E-state index contributed by atoms with van der Waals surface area (Å²) in [6.45, 7) is 3.26. The first kappa shape index (κ1) is 23.1. The molecule has 0 aliphatic heterocycles. The van der Waals surface area contributed by atoms with Crippen molar-refractivity contribution >= 4 is 29.1 Å². The van der Waals surface area contributed by atoms with Gasteiger partial charge in [-0.15, -0.1) is 0 Å². The van der Waals surface area contributed by atoms with E-state index in [9.17, 15) is 39.7 Å². The maximum absolute atomic E-state index is 12.7. The van der Waals surface area contributed by atoms with Crippen LogP contribution in [0.15, 0.2) is 42.5 Å². The van der Waals surface area contributed by atoms with Crippen LogP contribution in [0.4, 0.5) is 11.4 Å². The van der Waals surface area contributed by atoms with Gasteiger partial charge in [-0.05, 0) is 19.4 Å². The molecule has 11 nitrogen and oxygen atoms in total. The van der Waals surface area contributed by atoms with Crippen LogP contribution >= 0.6 is 0 Å². The number of carboxylic acid groups (broad SMARTS) is 1. The van der Waals surface area contributed by atoms with E-state index < -0.39 is 50.8 Å². The lowest BCUT2D eigenvalue weighted by atomic mass is 9.93. The standard InChI is InChI=1S/C20H18N2O9/c1-3-11(2)31-20(26)17(19(24)25)15-8-7-13(10-16(15)22(29)30)18(23)12-5-4-6-14(9-12)21(27)28/h4-11,17H,3H2,1-2H3,(H,24,25). The highest BCUT2D eigenvalue weighted by atomic mass is 16.6. The Kier molecular flexibility index (Phi) is 7.14. The molecule has 31 heavy (non-hydrogen) atoms. The van der Waals surface area contributed by atoms with Crippen molar-refractivity contribution in [2.45, 2.75) is 32.3 Å². The van der Waals surface area contributed by atoms with Crippen LogP contribution in [0.1, 0.15) is 47.7 Å². The number of nitro groups is 2. The molecule has 0 saturated heterocycles. The van der Waals surface area contributed by atoms with Gasteiger partial charge in [0.15, 0.2) is 11.7 Å². The minimum absolute atomic E-state index is 0.0813. The molecule has 2 atom stereocenters. The molecule has 0 heterocycles. The van der Waals surface area contributed by atoms with E-state index in [1.807, 2.05) is 0 Å². The van der Waals surface area contributed by atoms with Crippen molar-refractivity contribution in [1.82, 2.24) is 0 Å². The average molecular weight is 430 g/mol. The van der Waals surface area contributed by atoms with Crippen molar-refractivity contribution in [1.29, 1.82) is 0 Å². The summed E-state index contributed by atoms with van der Waals surface area (Å²) in [7, 11) is 0. The molecule has 0 amide bonds. The molecule has 0 aliphatic carbocycles. The summed E-state index contributed by atoms with van der Waals surface area (Å²) >= 11 is 0. The minimum Gasteiger partial charge on any atom is -0.480 e. The van der Waals surface area contributed by atoms with Gasteiger partial charge in [0, 0.05) is 29.3 Å². The van der Waals surface area contributed by atoms with Gasteiger partial charge in [-0.1, -0.05) is 25.1 Å². The summed E-state index contributed by atoms with van der Waals surface area (Å²) in [6, 6.07) is 7.75. The number of rotatable bonds is 9. The lowest BCUT2D eigenvalue weighted by molar-refractivity contribution is -0.385. The van der Waals surface area contributed by atoms with E-state index in [-0.39, 0.29) is 16.8 Å². The molecule has 0 spiro atoms. The van der Waals surface area contributed by atoms with Gasteiger partial charge in [0.25, 0.3) is 11.4 Å². The number of nitro benzene ring substituents is 2. The third-order valence-electron chi connectivity index (χ3n) is 4.49. The summed E-state index contributed by atoms with van der Waals surface area (Å²) in [5.41, 5.74) is -1.82. The number of carboxylic acids is 1. The van der Waals surface area contributed by atoms with E-state index >= 15 is 0 Å². The lowest BCUT2D eigenvalue weighted by Crippen LogP contribution is -2.27. The summed E-state index contributed by atoms with van der Waals surface area (Å²) < 4.78 is 5.02. The second-order valence-corrected chi connectivity index (χ2v) is 6.59. The van der Waals surface area contributed by atoms with Gasteiger partial charge in [0.05, 0.1) is 21.5 Å². The minimum atomic E-state index is -1.96. The van der Waals surface area contributed by atoms with E-state index in [0.29, 0.717) is 6.42 Å². The van der Waals surface area contributed by atoms with Crippen molar-refractivity contribution in [3.05, 3.63) is 79.4 Å². The Bertz CT molecular complexity index is 1060. The van der Waals surface area contributed by atoms with Gasteiger partial charge in [-0.25, -0.2) is 0 Å². The monoisotopic (exact) mass is 430 g/mol. The Hall–Kier alpha value is -4.15. The smallest absolute Gasteiger partial charge is 0.325 e. The number of hydrogen-bond donors (Lipinski definition) is 1. The number of hydrogen-bond acceptors (Lipinski definition) is 8. The number of carbonyl (C=O) groups excluding carboxylic acids is 2. The lowest BCUT2D eigenvalue weighted by Gasteiger charge is -2.16. The zero-order chi connectivity index (χ0) is 23.3. The number of aliphatic carboxylic acids is 1. The number of non-ortho nitro benzene ring substituents is 1. The van der Waals surface area contributed by atoms with Crippen molar-refractivity contribution in [3.63, 3.8) is 0 Å².